The molecule has 1 aliphatic heterocycles. The SMILES string of the molecule is CCOCCCC1COCCC1Cl. The van der Waals surface area contributed by atoms with Crippen molar-refractivity contribution in [3.05, 3.63) is 0 Å². The van der Waals surface area contributed by atoms with Gasteiger partial charge in [0.25, 0.3) is 0 Å². The van der Waals surface area contributed by atoms with Gasteiger partial charge in [-0.25, -0.2) is 0 Å². The Hall–Kier alpha value is 0.210. The number of hydrogen-bond donors (Lipinski definition) is 0. The molecule has 0 radical (unpaired) electrons. The second kappa shape index (κ2) is 6.63. The molecule has 0 bridgehead atoms. The van der Waals surface area contributed by atoms with E-state index in [2.05, 4.69) is 0 Å². The van der Waals surface area contributed by atoms with E-state index >= 15 is 0 Å². The summed E-state index contributed by atoms with van der Waals surface area (Å²) in [6.07, 6.45) is 3.24. The van der Waals surface area contributed by atoms with Crippen LogP contribution in [0.5, 0.6) is 0 Å². The van der Waals surface area contributed by atoms with Crippen LogP contribution in [0, 0.1) is 5.92 Å². The summed E-state index contributed by atoms with van der Waals surface area (Å²) in [5.74, 6) is 0.538. The third-order valence-corrected chi connectivity index (χ3v) is 3.02. The monoisotopic (exact) mass is 206 g/mol. The number of halogens is 1. The summed E-state index contributed by atoms with van der Waals surface area (Å²) in [4.78, 5) is 0. The van der Waals surface area contributed by atoms with E-state index in [1.807, 2.05) is 6.92 Å². The highest BCUT2D eigenvalue weighted by atomic mass is 35.5. The minimum atomic E-state index is 0.315. The molecule has 0 spiro atoms. The van der Waals surface area contributed by atoms with Crippen LogP contribution in [0.15, 0.2) is 0 Å². The van der Waals surface area contributed by atoms with Crippen LogP contribution in [0.1, 0.15) is 26.2 Å². The second-order valence-corrected chi connectivity index (χ2v) is 4.04. The molecule has 2 atom stereocenters. The average molecular weight is 207 g/mol. The van der Waals surface area contributed by atoms with Gasteiger partial charge in [0.2, 0.25) is 0 Å². The molecule has 2 nitrogen and oxygen atoms in total. The third kappa shape index (κ3) is 4.30. The smallest absolute Gasteiger partial charge is 0.0508 e. The Labute approximate surface area is 85.5 Å². The molecule has 3 heteroatoms. The van der Waals surface area contributed by atoms with Crippen molar-refractivity contribution in [1.82, 2.24) is 0 Å². The fourth-order valence-electron chi connectivity index (χ4n) is 1.63. The van der Waals surface area contributed by atoms with Gasteiger partial charge in [0.05, 0.1) is 6.61 Å². The molecule has 0 aromatic rings. The van der Waals surface area contributed by atoms with Gasteiger partial charge >= 0.3 is 0 Å². The van der Waals surface area contributed by atoms with Crippen molar-refractivity contribution in [3.63, 3.8) is 0 Å². The van der Waals surface area contributed by atoms with Crippen LogP contribution in [0.25, 0.3) is 0 Å². The highest BCUT2D eigenvalue weighted by molar-refractivity contribution is 6.20. The van der Waals surface area contributed by atoms with Crippen molar-refractivity contribution in [1.29, 1.82) is 0 Å². The van der Waals surface area contributed by atoms with E-state index in [1.165, 1.54) is 0 Å². The summed E-state index contributed by atoms with van der Waals surface area (Å²) in [6.45, 7) is 5.35. The predicted octanol–water partition coefficient (Wildman–Crippen LogP) is 2.45. The van der Waals surface area contributed by atoms with Gasteiger partial charge in [0, 0.05) is 25.2 Å². The molecule has 2 unspecified atom stereocenters. The van der Waals surface area contributed by atoms with Crippen molar-refractivity contribution < 1.29 is 9.47 Å². The molecule has 0 aliphatic carbocycles. The van der Waals surface area contributed by atoms with E-state index in [4.69, 9.17) is 21.1 Å². The van der Waals surface area contributed by atoms with E-state index in [0.29, 0.717) is 11.3 Å². The molecule has 1 saturated heterocycles. The third-order valence-electron chi connectivity index (χ3n) is 2.45. The second-order valence-electron chi connectivity index (χ2n) is 3.48. The van der Waals surface area contributed by atoms with Crippen LogP contribution in [0.2, 0.25) is 0 Å². The summed E-state index contributed by atoms with van der Waals surface area (Å²) >= 11 is 6.17. The molecule has 0 aromatic heterocycles. The standard InChI is InChI=1S/C10H19ClO2/c1-2-12-6-3-4-9-8-13-7-5-10(9)11/h9-10H,2-8H2,1H3. The van der Waals surface area contributed by atoms with Crippen LogP contribution in [0.4, 0.5) is 0 Å². The lowest BCUT2D eigenvalue weighted by Gasteiger charge is -2.26. The molecular weight excluding hydrogens is 188 g/mol. The van der Waals surface area contributed by atoms with E-state index < -0.39 is 0 Å². The summed E-state index contributed by atoms with van der Waals surface area (Å²) < 4.78 is 10.7. The first kappa shape index (κ1) is 11.3. The van der Waals surface area contributed by atoms with Crippen molar-refractivity contribution >= 4 is 11.6 Å². The zero-order valence-corrected chi connectivity index (χ0v) is 9.05. The Kier molecular flexibility index (Phi) is 5.76. The lowest BCUT2D eigenvalue weighted by molar-refractivity contribution is 0.0489. The Morgan fingerprint density at radius 3 is 3.08 bits per heavy atom. The van der Waals surface area contributed by atoms with Crippen LogP contribution < -0.4 is 0 Å². The molecule has 0 aromatic carbocycles. The van der Waals surface area contributed by atoms with Gasteiger partial charge in [-0.3, -0.25) is 0 Å². The minimum absolute atomic E-state index is 0.315. The van der Waals surface area contributed by atoms with E-state index in [-0.39, 0.29) is 0 Å². The van der Waals surface area contributed by atoms with Crippen molar-refractivity contribution in [2.75, 3.05) is 26.4 Å². The molecule has 1 heterocycles. The predicted molar refractivity (Wildman–Crippen MR) is 54.3 cm³/mol. The summed E-state index contributed by atoms with van der Waals surface area (Å²) in [6, 6.07) is 0. The van der Waals surface area contributed by atoms with Gasteiger partial charge in [-0.1, -0.05) is 0 Å². The molecule has 0 N–H and O–H groups in total. The van der Waals surface area contributed by atoms with Gasteiger partial charge in [-0.15, -0.1) is 11.6 Å². The number of hydrogen-bond acceptors (Lipinski definition) is 2. The van der Waals surface area contributed by atoms with Crippen molar-refractivity contribution in [3.8, 4) is 0 Å². The van der Waals surface area contributed by atoms with Gasteiger partial charge in [0.15, 0.2) is 0 Å². The molecule has 1 rings (SSSR count). The van der Waals surface area contributed by atoms with Gasteiger partial charge in [-0.2, -0.15) is 0 Å². The van der Waals surface area contributed by atoms with Gasteiger partial charge in [0.1, 0.15) is 0 Å². The van der Waals surface area contributed by atoms with E-state index in [0.717, 1.165) is 45.7 Å². The first-order chi connectivity index (χ1) is 6.34. The average Bonchev–Trinajstić information content (AvgIpc) is 2.15. The zero-order chi connectivity index (χ0) is 9.52. The fourth-order valence-corrected chi connectivity index (χ4v) is 1.91. The number of rotatable bonds is 5. The normalized spacial score (nSPS) is 29.1. The maximum Gasteiger partial charge on any atom is 0.0508 e. The van der Waals surface area contributed by atoms with Gasteiger partial charge < -0.3 is 9.47 Å². The lowest BCUT2D eigenvalue weighted by Crippen LogP contribution is -2.28. The highest BCUT2D eigenvalue weighted by Gasteiger charge is 2.22. The summed E-state index contributed by atoms with van der Waals surface area (Å²) in [7, 11) is 0. The topological polar surface area (TPSA) is 18.5 Å². The van der Waals surface area contributed by atoms with E-state index in [1.54, 1.807) is 0 Å². The van der Waals surface area contributed by atoms with Crippen LogP contribution >= 0.6 is 11.6 Å². The molecule has 1 fully saturated rings. The first-order valence-corrected chi connectivity index (χ1v) is 5.57. The van der Waals surface area contributed by atoms with Gasteiger partial charge in [-0.05, 0) is 32.1 Å². The Bertz CT molecular complexity index is 130. The molecule has 13 heavy (non-hydrogen) atoms. The summed E-state index contributed by atoms with van der Waals surface area (Å²) in [5.41, 5.74) is 0. The molecular formula is C10H19ClO2. The van der Waals surface area contributed by atoms with Crippen molar-refractivity contribution in [2.24, 2.45) is 5.92 Å². The molecule has 0 amide bonds. The molecule has 0 saturated carbocycles. The fraction of sp³-hybridized carbons (Fsp3) is 1.00. The number of ether oxygens (including phenoxy) is 2. The lowest BCUT2D eigenvalue weighted by atomic mass is 9.96. The Morgan fingerprint density at radius 2 is 2.38 bits per heavy atom. The minimum Gasteiger partial charge on any atom is -0.382 e. The Balaban J connectivity index is 2.05. The largest absolute Gasteiger partial charge is 0.382 e. The maximum atomic E-state index is 6.17. The molecule has 1 aliphatic rings. The summed E-state index contributed by atoms with van der Waals surface area (Å²) in [5, 5.41) is 0.315. The Morgan fingerprint density at radius 1 is 1.54 bits per heavy atom. The van der Waals surface area contributed by atoms with Crippen LogP contribution in [-0.2, 0) is 9.47 Å². The van der Waals surface area contributed by atoms with Crippen LogP contribution in [-0.4, -0.2) is 31.8 Å². The maximum absolute atomic E-state index is 6.17. The molecule has 78 valence electrons. The van der Waals surface area contributed by atoms with E-state index in [9.17, 15) is 0 Å². The van der Waals surface area contributed by atoms with Crippen molar-refractivity contribution in [2.45, 2.75) is 31.6 Å². The highest BCUT2D eigenvalue weighted by Crippen LogP contribution is 2.24. The first-order valence-electron chi connectivity index (χ1n) is 5.14. The quantitative estimate of drug-likeness (QED) is 0.508. The van der Waals surface area contributed by atoms with Crippen LogP contribution in [0.3, 0.4) is 0 Å². The number of alkyl halides is 1. The zero-order valence-electron chi connectivity index (χ0n) is 8.30.